The second-order valence-corrected chi connectivity index (χ2v) is 7.69. The molecule has 4 rings (SSSR count). The number of aromatic nitrogens is 1. The molecule has 0 unspecified atom stereocenters. The zero-order valence-corrected chi connectivity index (χ0v) is 16.0. The van der Waals surface area contributed by atoms with Crippen LogP contribution in [0.4, 0.5) is 9.52 Å². The van der Waals surface area contributed by atoms with Crippen LogP contribution in [0.1, 0.15) is 5.56 Å². The van der Waals surface area contributed by atoms with Gasteiger partial charge in [0.2, 0.25) is 5.91 Å². The minimum absolute atomic E-state index is 0.0269. The van der Waals surface area contributed by atoms with Crippen molar-refractivity contribution in [3.05, 3.63) is 64.9 Å². The molecule has 7 heteroatoms. The van der Waals surface area contributed by atoms with Crippen LogP contribution in [0.3, 0.4) is 0 Å². The standard InChI is InChI=1S/C20H17ClFN3OS/c21-16-4-2-1-3-14(16)5-8-19(26)24-9-11-25(12-10-24)20-23-17-7-6-15(22)13-18(17)27-20/h1-8,13H,9-12H2/b8-5+. The predicted molar refractivity (Wildman–Crippen MR) is 109 cm³/mol. The molecule has 4 nitrogen and oxygen atoms in total. The van der Waals surface area contributed by atoms with Crippen molar-refractivity contribution >= 4 is 50.3 Å². The molecular formula is C20H17ClFN3OS. The molecule has 0 atom stereocenters. The van der Waals surface area contributed by atoms with Crippen molar-refractivity contribution in [1.29, 1.82) is 0 Å². The van der Waals surface area contributed by atoms with Gasteiger partial charge in [-0.2, -0.15) is 0 Å². The van der Waals surface area contributed by atoms with Gasteiger partial charge in [0.05, 0.1) is 10.2 Å². The molecule has 1 fully saturated rings. The molecular weight excluding hydrogens is 385 g/mol. The third-order valence-electron chi connectivity index (χ3n) is 4.51. The van der Waals surface area contributed by atoms with E-state index in [0.717, 1.165) is 20.9 Å². The fourth-order valence-electron chi connectivity index (χ4n) is 3.02. The third kappa shape index (κ3) is 3.96. The first-order valence-electron chi connectivity index (χ1n) is 8.63. The Morgan fingerprint density at radius 1 is 1.15 bits per heavy atom. The van der Waals surface area contributed by atoms with Crippen molar-refractivity contribution in [2.45, 2.75) is 0 Å². The van der Waals surface area contributed by atoms with Crippen molar-refractivity contribution < 1.29 is 9.18 Å². The first-order chi connectivity index (χ1) is 13.1. The Hall–Kier alpha value is -2.44. The molecule has 0 aliphatic carbocycles. The van der Waals surface area contributed by atoms with E-state index in [1.54, 1.807) is 24.3 Å². The summed E-state index contributed by atoms with van der Waals surface area (Å²) in [7, 11) is 0. The molecule has 3 aromatic rings. The number of amides is 1. The van der Waals surface area contributed by atoms with Gasteiger partial charge in [-0.1, -0.05) is 41.1 Å². The van der Waals surface area contributed by atoms with E-state index in [0.29, 0.717) is 31.2 Å². The SMILES string of the molecule is O=C(/C=C/c1ccccc1Cl)N1CCN(c2nc3ccc(F)cc3s2)CC1. The molecule has 0 saturated carbocycles. The highest BCUT2D eigenvalue weighted by molar-refractivity contribution is 7.22. The number of piperazine rings is 1. The van der Waals surface area contributed by atoms with Crippen LogP contribution in [0.2, 0.25) is 5.02 Å². The van der Waals surface area contributed by atoms with Gasteiger partial charge in [-0.25, -0.2) is 9.37 Å². The van der Waals surface area contributed by atoms with Crippen molar-refractivity contribution in [3.63, 3.8) is 0 Å². The van der Waals surface area contributed by atoms with Crippen LogP contribution in [-0.2, 0) is 4.79 Å². The molecule has 27 heavy (non-hydrogen) atoms. The minimum Gasteiger partial charge on any atom is -0.345 e. The van der Waals surface area contributed by atoms with Gasteiger partial charge in [0.1, 0.15) is 5.82 Å². The van der Waals surface area contributed by atoms with E-state index in [-0.39, 0.29) is 11.7 Å². The van der Waals surface area contributed by atoms with Crippen LogP contribution in [0.15, 0.2) is 48.5 Å². The van der Waals surface area contributed by atoms with Crippen molar-refractivity contribution in [2.75, 3.05) is 31.1 Å². The van der Waals surface area contributed by atoms with Gasteiger partial charge in [-0.15, -0.1) is 0 Å². The number of fused-ring (bicyclic) bond motifs is 1. The first kappa shape index (κ1) is 17.9. The lowest BCUT2D eigenvalue weighted by molar-refractivity contribution is -0.126. The highest BCUT2D eigenvalue weighted by Gasteiger charge is 2.22. The summed E-state index contributed by atoms with van der Waals surface area (Å²) in [6.45, 7) is 2.65. The van der Waals surface area contributed by atoms with Gasteiger partial charge in [-0.05, 0) is 35.9 Å². The third-order valence-corrected chi connectivity index (χ3v) is 5.93. The molecule has 1 aromatic heterocycles. The summed E-state index contributed by atoms with van der Waals surface area (Å²) >= 11 is 7.59. The monoisotopic (exact) mass is 401 g/mol. The highest BCUT2D eigenvalue weighted by atomic mass is 35.5. The fraction of sp³-hybridized carbons (Fsp3) is 0.200. The van der Waals surface area contributed by atoms with Crippen LogP contribution in [0.25, 0.3) is 16.3 Å². The van der Waals surface area contributed by atoms with Crippen LogP contribution in [0, 0.1) is 5.82 Å². The molecule has 1 aliphatic rings. The molecule has 1 aliphatic heterocycles. The first-order valence-corrected chi connectivity index (χ1v) is 9.82. The number of benzene rings is 2. The lowest BCUT2D eigenvalue weighted by Gasteiger charge is -2.34. The average Bonchev–Trinajstić information content (AvgIpc) is 3.10. The number of nitrogens with zero attached hydrogens (tertiary/aromatic N) is 3. The number of rotatable bonds is 3. The number of halogens is 2. The Bertz CT molecular complexity index is 1010. The molecule has 0 N–H and O–H groups in total. The number of carbonyl (C=O) groups excluding carboxylic acids is 1. The Morgan fingerprint density at radius 2 is 1.93 bits per heavy atom. The van der Waals surface area contributed by atoms with E-state index in [9.17, 15) is 9.18 Å². The zero-order valence-electron chi connectivity index (χ0n) is 14.4. The summed E-state index contributed by atoms with van der Waals surface area (Å²) in [5.41, 5.74) is 1.63. The van der Waals surface area contributed by atoms with Crippen LogP contribution < -0.4 is 4.90 Å². The fourth-order valence-corrected chi connectivity index (χ4v) is 4.26. The van der Waals surface area contributed by atoms with Crippen LogP contribution >= 0.6 is 22.9 Å². The van der Waals surface area contributed by atoms with Crippen LogP contribution in [-0.4, -0.2) is 42.0 Å². The lowest BCUT2D eigenvalue weighted by atomic mass is 10.2. The quantitative estimate of drug-likeness (QED) is 0.608. The zero-order chi connectivity index (χ0) is 18.8. The second-order valence-electron chi connectivity index (χ2n) is 6.28. The van der Waals surface area contributed by atoms with E-state index in [2.05, 4.69) is 9.88 Å². The van der Waals surface area contributed by atoms with E-state index in [1.165, 1.54) is 23.5 Å². The smallest absolute Gasteiger partial charge is 0.246 e. The molecule has 1 saturated heterocycles. The summed E-state index contributed by atoms with van der Waals surface area (Å²) in [4.78, 5) is 21.0. The van der Waals surface area contributed by atoms with E-state index in [1.807, 2.05) is 23.1 Å². The van der Waals surface area contributed by atoms with E-state index in [4.69, 9.17) is 11.6 Å². The maximum atomic E-state index is 13.4. The average molecular weight is 402 g/mol. The van der Waals surface area contributed by atoms with Gasteiger partial charge in [0.15, 0.2) is 5.13 Å². The number of carbonyl (C=O) groups is 1. The number of thiazole rings is 1. The largest absolute Gasteiger partial charge is 0.345 e. The number of anilines is 1. The van der Waals surface area contributed by atoms with E-state index >= 15 is 0 Å². The molecule has 1 amide bonds. The second kappa shape index (κ2) is 7.66. The molecule has 0 spiro atoms. The van der Waals surface area contributed by atoms with Gasteiger partial charge >= 0.3 is 0 Å². The normalized spacial score (nSPS) is 15.0. The van der Waals surface area contributed by atoms with Gasteiger partial charge in [0, 0.05) is 37.3 Å². The predicted octanol–water partition coefficient (Wildman–Crippen LogP) is 4.45. The Kier molecular flexibility index (Phi) is 5.09. The summed E-state index contributed by atoms with van der Waals surface area (Å²) in [6, 6.07) is 12.1. The topological polar surface area (TPSA) is 36.4 Å². The maximum absolute atomic E-state index is 13.4. The number of hydrogen-bond acceptors (Lipinski definition) is 4. The highest BCUT2D eigenvalue weighted by Crippen LogP contribution is 2.30. The van der Waals surface area contributed by atoms with Crippen molar-refractivity contribution in [2.24, 2.45) is 0 Å². The number of hydrogen-bond donors (Lipinski definition) is 0. The molecule has 0 bridgehead atoms. The van der Waals surface area contributed by atoms with Crippen molar-refractivity contribution in [1.82, 2.24) is 9.88 Å². The summed E-state index contributed by atoms with van der Waals surface area (Å²) < 4.78 is 14.2. The maximum Gasteiger partial charge on any atom is 0.246 e. The molecule has 0 radical (unpaired) electrons. The molecule has 138 valence electrons. The lowest BCUT2D eigenvalue weighted by Crippen LogP contribution is -2.48. The molecule has 2 aromatic carbocycles. The minimum atomic E-state index is -0.251. The van der Waals surface area contributed by atoms with Gasteiger partial charge < -0.3 is 9.80 Å². The Balaban J connectivity index is 1.39. The Labute approximate surface area is 165 Å². The summed E-state index contributed by atoms with van der Waals surface area (Å²) in [6.07, 6.45) is 3.32. The van der Waals surface area contributed by atoms with Gasteiger partial charge in [0.25, 0.3) is 0 Å². The summed E-state index contributed by atoms with van der Waals surface area (Å²) in [5.74, 6) is -0.278. The Morgan fingerprint density at radius 3 is 2.70 bits per heavy atom. The van der Waals surface area contributed by atoms with Crippen LogP contribution in [0.5, 0.6) is 0 Å². The van der Waals surface area contributed by atoms with Crippen molar-refractivity contribution in [3.8, 4) is 0 Å². The van der Waals surface area contributed by atoms with Gasteiger partial charge in [-0.3, -0.25) is 4.79 Å². The molecule has 2 heterocycles. The summed E-state index contributed by atoms with van der Waals surface area (Å²) in [5, 5.41) is 1.49. The van der Waals surface area contributed by atoms with E-state index < -0.39 is 0 Å².